The van der Waals surface area contributed by atoms with Gasteiger partial charge in [-0.3, -0.25) is 9.78 Å². The average molecular weight is 382 g/mol. The van der Waals surface area contributed by atoms with Crippen LogP contribution in [0.25, 0.3) is 0 Å². The van der Waals surface area contributed by atoms with Crippen LogP contribution in [0.4, 0.5) is 0 Å². The monoisotopic (exact) mass is 381 g/mol. The van der Waals surface area contributed by atoms with Crippen LogP contribution in [0.1, 0.15) is 46.5 Å². The lowest BCUT2D eigenvalue weighted by atomic mass is 9.97. The molecule has 4 rings (SSSR count). The van der Waals surface area contributed by atoms with E-state index in [1.807, 2.05) is 41.3 Å². The van der Waals surface area contributed by atoms with Crippen LogP contribution < -0.4 is 0 Å². The van der Waals surface area contributed by atoms with Crippen LogP contribution >= 0.6 is 11.6 Å². The van der Waals surface area contributed by atoms with Gasteiger partial charge in [0.05, 0.1) is 12.1 Å². The predicted molar refractivity (Wildman–Crippen MR) is 103 cm³/mol. The Morgan fingerprint density at radius 3 is 2.96 bits per heavy atom. The minimum atomic E-state index is -0.0361. The molecule has 0 unspecified atom stereocenters. The van der Waals surface area contributed by atoms with E-state index in [2.05, 4.69) is 9.97 Å². The summed E-state index contributed by atoms with van der Waals surface area (Å²) in [5.41, 5.74) is 1.56. The molecule has 0 N–H and O–H groups in total. The van der Waals surface area contributed by atoms with Gasteiger partial charge in [0, 0.05) is 30.7 Å². The van der Waals surface area contributed by atoms with Crippen molar-refractivity contribution in [1.82, 2.24) is 14.9 Å². The molecule has 1 aliphatic rings. The summed E-state index contributed by atoms with van der Waals surface area (Å²) in [5.74, 6) is 1.58. The number of oxazole rings is 1. The maximum Gasteiger partial charge on any atom is 0.272 e. The molecule has 0 aliphatic carbocycles. The fourth-order valence-corrected chi connectivity index (χ4v) is 3.67. The summed E-state index contributed by atoms with van der Waals surface area (Å²) < 4.78 is 5.99. The molecule has 3 heterocycles. The molecule has 1 atom stereocenters. The maximum atomic E-state index is 12.7. The predicted octanol–water partition coefficient (Wildman–Crippen LogP) is 4.33. The maximum absolute atomic E-state index is 12.7. The van der Waals surface area contributed by atoms with Crippen LogP contribution in [0.15, 0.2) is 59.3 Å². The first kappa shape index (κ1) is 17.7. The second kappa shape index (κ2) is 7.92. The number of hydrogen-bond donors (Lipinski definition) is 0. The number of benzene rings is 1. The van der Waals surface area contributed by atoms with Gasteiger partial charge >= 0.3 is 0 Å². The molecule has 1 saturated heterocycles. The first-order chi connectivity index (χ1) is 13.2. The highest BCUT2D eigenvalue weighted by molar-refractivity contribution is 6.30. The Morgan fingerprint density at radius 2 is 2.15 bits per heavy atom. The van der Waals surface area contributed by atoms with Gasteiger partial charge in [-0.05, 0) is 42.7 Å². The lowest BCUT2D eigenvalue weighted by Crippen LogP contribution is -2.39. The van der Waals surface area contributed by atoms with Crippen LogP contribution in [-0.4, -0.2) is 33.9 Å². The molecule has 1 aromatic carbocycles. The smallest absolute Gasteiger partial charge is 0.272 e. The van der Waals surface area contributed by atoms with Crippen LogP contribution in [-0.2, 0) is 6.42 Å². The van der Waals surface area contributed by atoms with E-state index in [-0.39, 0.29) is 11.8 Å². The van der Waals surface area contributed by atoms with E-state index in [0.717, 1.165) is 30.7 Å². The fourth-order valence-electron chi connectivity index (χ4n) is 3.46. The van der Waals surface area contributed by atoms with E-state index in [1.165, 1.54) is 0 Å². The standard InChI is InChI=1S/C21H20ClN3O2/c22-17-7-3-5-15(11-17)12-18-13-24-20(27-18)16-6-4-10-25(14-16)21(26)19-8-1-2-9-23-19/h1-3,5,7-9,11,13,16H,4,6,10,12,14H2/t16-/m0/s1. The van der Waals surface area contributed by atoms with Crippen LogP contribution in [0.5, 0.6) is 0 Å². The Morgan fingerprint density at radius 1 is 1.22 bits per heavy atom. The number of carbonyl (C=O) groups excluding carboxylic acids is 1. The number of piperidine rings is 1. The third kappa shape index (κ3) is 4.19. The highest BCUT2D eigenvalue weighted by Gasteiger charge is 2.28. The molecule has 5 nitrogen and oxygen atoms in total. The third-order valence-electron chi connectivity index (χ3n) is 4.78. The highest BCUT2D eigenvalue weighted by Crippen LogP contribution is 2.28. The van der Waals surface area contributed by atoms with Gasteiger partial charge in [-0.15, -0.1) is 0 Å². The summed E-state index contributed by atoms with van der Waals surface area (Å²) >= 11 is 6.05. The van der Waals surface area contributed by atoms with Crippen molar-refractivity contribution in [2.75, 3.05) is 13.1 Å². The molecule has 0 radical (unpaired) electrons. The molecule has 2 aromatic heterocycles. The Hall–Kier alpha value is -2.66. The molecule has 27 heavy (non-hydrogen) atoms. The Labute approximate surface area is 163 Å². The number of likely N-dealkylation sites (tertiary alicyclic amines) is 1. The summed E-state index contributed by atoms with van der Waals surface area (Å²) in [6.45, 7) is 1.34. The minimum Gasteiger partial charge on any atom is -0.445 e. The topological polar surface area (TPSA) is 59.2 Å². The van der Waals surface area contributed by atoms with Crippen molar-refractivity contribution in [1.29, 1.82) is 0 Å². The van der Waals surface area contributed by atoms with Gasteiger partial charge in [0.1, 0.15) is 11.5 Å². The van der Waals surface area contributed by atoms with E-state index < -0.39 is 0 Å². The quantitative estimate of drug-likeness (QED) is 0.674. The molecule has 0 saturated carbocycles. The van der Waals surface area contributed by atoms with Gasteiger partial charge in [0.25, 0.3) is 5.91 Å². The number of pyridine rings is 1. The van der Waals surface area contributed by atoms with E-state index in [4.69, 9.17) is 16.0 Å². The van der Waals surface area contributed by atoms with Gasteiger partial charge in [0.2, 0.25) is 0 Å². The Balaban J connectivity index is 1.44. The molecule has 1 aliphatic heterocycles. The highest BCUT2D eigenvalue weighted by atomic mass is 35.5. The zero-order valence-corrected chi connectivity index (χ0v) is 15.6. The van der Waals surface area contributed by atoms with Crippen molar-refractivity contribution in [3.8, 4) is 0 Å². The van der Waals surface area contributed by atoms with E-state index in [9.17, 15) is 4.79 Å². The molecule has 0 bridgehead atoms. The number of rotatable bonds is 4. The minimum absolute atomic E-state index is 0.0361. The first-order valence-corrected chi connectivity index (χ1v) is 9.46. The van der Waals surface area contributed by atoms with E-state index >= 15 is 0 Å². The van der Waals surface area contributed by atoms with Crippen LogP contribution in [0.3, 0.4) is 0 Å². The molecule has 1 amide bonds. The number of aromatic nitrogens is 2. The van der Waals surface area contributed by atoms with Crippen molar-refractivity contribution >= 4 is 17.5 Å². The SMILES string of the molecule is O=C(c1ccccn1)N1CCC[C@H](c2ncc(Cc3cccc(Cl)c3)o2)C1. The summed E-state index contributed by atoms with van der Waals surface area (Å²) in [6, 6.07) is 13.1. The zero-order valence-electron chi connectivity index (χ0n) is 14.8. The first-order valence-electron chi connectivity index (χ1n) is 9.08. The van der Waals surface area contributed by atoms with E-state index in [0.29, 0.717) is 29.6 Å². The van der Waals surface area contributed by atoms with Crippen molar-refractivity contribution in [3.63, 3.8) is 0 Å². The molecule has 0 spiro atoms. The van der Waals surface area contributed by atoms with E-state index in [1.54, 1.807) is 18.5 Å². The lowest BCUT2D eigenvalue weighted by Gasteiger charge is -2.31. The Bertz CT molecular complexity index is 926. The number of carbonyl (C=O) groups is 1. The van der Waals surface area contributed by atoms with Gasteiger partial charge in [-0.1, -0.05) is 29.8 Å². The van der Waals surface area contributed by atoms with Gasteiger partial charge in [-0.25, -0.2) is 4.98 Å². The normalized spacial score (nSPS) is 17.1. The number of amides is 1. The number of hydrogen-bond acceptors (Lipinski definition) is 4. The van der Waals surface area contributed by atoms with Gasteiger partial charge in [-0.2, -0.15) is 0 Å². The molecule has 1 fully saturated rings. The fraction of sp³-hybridized carbons (Fsp3) is 0.286. The van der Waals surface area contributed by atoms with Crippen molar-refractivity contribution in [2.24, 2.45) is 0 Å². The van der Waals surface area contributed by atoms with Crippen molar-refractivity contribution in [3.05, 3.63) is 82.8 Å². The number of halogens is 1. The average Bonchev–Trinajstić information content (AvgIpc) is 3.17. The summed E-state index contributed by atoms with van der Waals surface area (Å²) in [4.78, 5) is 23.1. The summed E-state index contributed by atoms with van der Waals surface area (Å²) in [7, 11) is 0. The van der Waals surface area contributed by atoms with Gasteiger partial charge in [0.15, 0.2) is 5.89 Å². The van der Waals surface area contributed by atoms with Crippen molar-refractivity contribution < 1.29 is 9.21 Å². The molecule has 138 valence electrons. The van der Waals surface area contributed by atoms with Crippen molar-refractivity contribution in [2.45, 2.75) is 25.2 Å². The second-order valence-electron chi connectivity index (χ2n) is 6.78. The summed E-state index contributed by atoms with van der Waals surface area (Å²) in [5, 5.41) is 0.711. The zero-order chi connectivity index (χ0) is 18.6. The van der Waals surface area contributed by atoms with Crippen LogP contribution in [0.2, 0.25) is 5.02 Å². The largest absolute Gasteiger partial charge is 0.445 e. The molecular weight excluding hydrogens is 362 g/mol. The van der Waals surface area contributed by atoms with Gasteiger partial charge < -0.3 is 9.32 Å². The molecular formula is C21H20ClN3O2. The summed E-state index contributed by atoms with van der Waals surface area (Å²) in [6.07, 6.45) is 5.95. The second-order valence-corrected chi connectivity index (χ2v) is 7.21. The van der Waals surface area contributed by atoms with Crippen LogP contribution in [0, 0.1) is 0 Å². The molecule has 6 heteroatoms. The lowest BCUT2D eigenvalue weighted by molar-refractivity contribution is 0.0692. The molecule has 3 aromatic rings. The number of nitrogens with zero attached hydrogens (tertiary/aromatic N) is 3. The Kier molecular flexibility index (Phi) is 5.21. The third-order valence-corrected chi connectivity index (χ3v) is 5.02.